The third-order valence-electron chi connectivity index (χ3n) is 5.37. The van der Waals surface area contributed by atoms with Crippen LogP contribution in [0.15, 0.2) is 80.9 Å². The molecule has 2 aromatic heterocycles. The number of carbonyl (C=O) groups excluding carboxylic acids is 2. The summed E-state index contributed by atoms with van der Waals surface area (Å²) in [5.41, 5.74) is -0.265. The van der Waals surface area contributed by atoms with Crippen molar-refractivity contribution < 1.29 is 14.0 Å². The maximum absolute atomic E-state index is 13.2. The van der Waals surface area contributed by atoms with Crippen molar-refractivity contribution in [2.24, 2.45) is 0 Å². The van der Waals surface area contributed by atoms with Crippen LogP contribution in [0.4, 0.5) is 5.69 Å². The number of benzene rings is 2. The van der Waals surface area contributed by atoms with Crippen LogP contribution in [0.25, 0.3) is 10.9 Å². The van der Waals surface area contributed by atoms with Crippen LogP contribution >= 0.6 is 11.6 Å². The van der Waals surface area contributed by atoms with E-state index in [9.17, 15) is 19.2 Å². The summed E-state index contributed by atoms with van der Waals surface area (Å²) in [4.78, 5) is 51.1. The van der Waals surface area contributed by atoms with Gasteiger partial charge in [-0.25, -0.2) is 4.79 Å². The van der Waals surface area contributed by atoms with E-state index in [2.05, 4.69) is 10.6 Å². The van der Waals surface area contributed by atoms with Crippen LogP contribution in [-0.2, 0) is 29.2 Å². The lowest BCUT2D eigenvalue weighted by Gasteiger charge is -2.14. The number of furan rings is 1. The summed E-state index contributed by atoms with van der Waals surface area (Å²) < 4.78 is 7.45. The SMILES string of the molecule is O=C(CCCn1c(=O)c2cc(Cl)ccc2n(CC(=O)Nc2ccccc2)c1=O)NCc1ccco1. The number of nitrogens with one attached hydrogen (secondary N) is 2. The normalized spacial score (nSPS) is 10.9. The van der Waals surface area contributed by atoms with Crippen LogP contribution in [0.3, 0.4) is 0 Å². The molecule has 0 bridgehead atoms. The van der Waals surface area contributed by atoms with Crippen LogP contribution in [-0.4, -0.2) is 20.9 Å². The van der Waals surface area contributed by atoms with Crippen molar-refractivity contribution in [3.8, 4) is 0 Å². The van der Waals surface area contributed by atoms with Crippen molar-refractivity contribution >= 4 is 40.0 Å². The zero-order valence-corrected chi connectivity index (χ0v) is 19.5. The number of rotatable bonds is 9. The highest BCUT2D eigenvalue weighted by atomic mass is 35.5. The van der Waals surface area contributed by atoms with Gasteiger partial charge in [0.2, 0.25) is 11.8 Å². The van der Waals surface area contributed by atoms with E-state index in [0.29, 0.717) is 22.0 Å². The van der Waals surface area contributed by atoms with Crippen molar-refractivity contribution in [1.82, 2.24) is 14.5 Å². The van der Waals surface area contributed by atoms with Gasteiger partial charge in [-0.05, 0) is 48.9 Å². The fourth-order valence-corrected chi connectivity index (χ4v) is 3.87. The molecule has 0 aliphatic carbocycles. The van der Waals surface area contributed by atoms with Gasteiger partial charge < -0.3 is 15.1 Å². The quantitative estimate of drug-likeness (QED) is 0.371. The first-order chi connectivity index (χ1) is 16.9. The first-order valence-corrected chi connectivity index (χ1v) is 11.4. The molecule has 10 heteroatoms. The third-order valence-corrected chi connectivity index (χ3v) is 5.61. The van der Waals surface area contributed by atoms with Crippen LogP contribution in [0.2, 0.25) is 5.02 Å². The number of hydrogen-bond donors (Lipinski definition) is 2. The first kappa shape index (κ1) is 24.0. The number of anilines is 1. The Bertz CT molecular complexity index is 1460. The molecule has 0 radical (unpaired) electrons. The molecule has 0 saturated heterocycles. The minimum Gasteiger partial charge on any atom is -0.467 e. The second-order valence-corrected chi connectivity index (χ2v) is 8.30. The zero-order chi connectivity index (χ0) is 24.8. The Balaban J connectivity index is 1.54. The molecule has 0 aliphatic heterocycles. The van der Waals surface area contributed by atoms with Crippen LogP contribution in [0, 0.1) is 0 Å². The molecule has 2 N–H and O–H groups in total. The predicted molar refractivity (Wildman–Crippen MR) is 132 cm³/mol. The van der Waals surface area contributed by atoms with Gasteiger partial charge in [0, 0.05) is 23.7 Å². The van der Waals surface area contributed by atoms with Gasteiger partial charge in [-0.3, -0.25) is 23.5 Å². The predicted octanol–water partition coefficient (Wildman–Crippen LogP) is 3.14. The van der Waals surface area contributed by atoms with Gasteiger partial charge in [0.05, 0.1) is 23.7 Å². The molecule has 4 rings (SSSR count). The maximum Gasteiger partial charge on any atom is 0.331 e. The number of carbonyl (C=O) groups is 2. The van der Waals surface area contributed by atoms with Crippen molar-refractivity contribution in [2.45, 2.75) is 32.5 Å². The summed E-state index contributed by atoms with van der Waals surface area (Å²) in [6, 6.07) is 16.9. The average Bonchev–Trinajstić information content (AvgIpc) is 3.37. The molecule has 180 valence electrons. The van der Waals surface area contributed by atoms with Gasteiger partial charge in [0.1, 0.15) is 12.3 Å². The Morgan fingerprint density at radius 1 is 0.943 bits per heavy atom. The van der Waals surface area contributed by atoms with E-state index in [0.717, 1.165) is 4.57 Å². The van der Waals surface area contributed by atoms with E-state index in [4.69, 9.17) is 16.0 Å². The van der Waals surface area contributed by atoms with E-state index in [-0.39, 0.29) is 43.8 Å². The molecule has 0 atom stereocenters. The van der Waals surface area contributed by atoms with Crippen molar-refractivity contribution in [2.75, 3.05) is 5.32 Å². The largest absolute Gasteiger partial charge is 0.467 e. The Labute approximate surface area is 204 Å². The Kier molecular flexibility index (Phi) is 7.47. The van der Waals surface area contributed by atoms with E-state index in [1.807, 2.05) is 6.07 Å². The number of hydrogen-bond acceptors (Lipinski definition) is 5. The number of fused-ring (bicyclic) bond motifs is 1. The monoisotopic (exact) mass is 494 g/mol. The Hall–Kier alpha value is -4.11. The molecule has 35 heavy (non-hydrogen) atoms. The molecular weight excluding hydrogens is 472 g/mol. The van der Waals surface area contributed by atoms with E-state index in [1.165, 1.54) is 16.9 Å². The summed E-state index contributed by atoms with van der Waals surface area (Å²) in [6.07, 6.45) is 1.88. The van der Waals surface area contributed by atoms with Gasteiger partial charge in [-0.2, -0.15) is 0 Å². The number of halogens is 1. The summed E-state index contributed by atoms with van der Waals surface area (Å²) in [5, 5.41) is 6.01. The van der Waals surface area contributed by atoms with E-state index >= 15 is 0 Å². The van der Waals surface area contributed by atoms with Crippen LogP contribution in [0.1, 0.15) is 18.6 Å². The molecule has 0 spiro atoms. The van der Waals surface area contributed by atoms with Gasteiger partial charge in [0.25, 0.3) is 5.56 Å². The zero-order valence-electron chi connectivity index (χ0n) is 18.7. The summed E-state index contributed by atoms with van der Waals surface area (Å²) in [5.74, 6) is -0.0319. The summed E-state index contributed by atoms with van der Waals surface area (Å²) in [7, 11) is 0. The van der Waals surface area contributed by atoms with Crippen LogP contribution in [0.5, 0.6) is 0 Å². The number of amides is 2. The van der Waals surface area contributed by atoms with Gasteiger partial charge in [-0.15, -0.1) is 0 Å². The second kappa shape index (κ2) is 10.9. The molecule has 9 nitrogen and oxygen atoms in total. The lowest BCUT2D eigenvalue weighted by molar-refractivity contribution is -0.121. The van der Waals surface area contributed by atoms with Crippen molar-refractivity contribution in [3.05, 3.63) is 98.5 Å². The van der Waals surface area contributed by atoms with Crippen LogP contribution < -0.4 is 21.9 Å². The maximum atomic E-state index is 13.2. The summed E-state index contributed by atoms with van der Waals surface area (Å²) >= 11 is 6.10. The number of nitrogens with zero attached hydrogens (tertiary/aromatic N) is 2. The fourth-order valence-electron chi connectivity index (χ4n) is 3.70. The molecule has 2 heterocycles. The van der Waals surface area contributed by atoms with Gasteiger partial charge in [-0.1, -0.05) is 29.8 Å². The number of aromatic nitrogens is 2. The standard InChI is InChI=1S/C25H23ClN4O5/c26-17-10-11-21-20(14-17)24(33)29(12-4-9-22(31)27-15-19-8-5-13-35-19)25(34)30(21)16-23(32)28-18-6-2-1-3-7-18/h1-3,5-8,10-11,13-14H,4,9,12,15-16H2,(H,27,31)(H,28,32). The molecule has 0 aliphatic rings. The molecular formula is C25H23ClN4O5. The Morgan fingerprint density at radius 3 is 2.49 bits per heavy atom. The van der Waals surface area contributed by atoms with E-state index in [1.54, 1.807) is 48.5 Å². The van der Waals surface area contributed by atoms with Crippen molar-refractivity contribution in [1.29, 1.82) is 0 Å². The van der Waals surface area contributed by atoms with E-state index < -0.39 is 17.2 Å². The van der Waals surface area contributed by atoms with Gasteiger partial charge in [0.15, 0.2) is 0 Å². The summed E-state index contributed by atoms with van der Waals surface area (Å²) in [6.45, 7) is -0.0338. The highest BCUT2D eigenvalue weighted by Crippen LogP contribution is 2.16. The second-order valence-electron chi connectivity index (χ2n) is 7.86. The van der Waals surface area contributed by atoms with Gasteiger partial charge >= 0.3 is 5.69 Å². The molecule has 4 aromatic rings. The lowest BCUT2D eigenvalue weighted by atomic mass is 10.2. The third kappa shape index (κ3) is 5.88. The minimum atomic E-state index is -0.635. The molecule has 2 aromatic carbocycles. The molecule has 0 unspecified atom stereocenters. The highest BCUT2D eigenvalue weighted by molar-refractivity contribution is 6.31. The fraction of sp³-hybridized carbons (Fsp3) is 0.200. The molecule has 2 amide bonds. The topological polar surface area (TPSA) is 115 Å². The first-order valence-electron chi connectivity index (χ1n) is 11.0. The Morgan fingerprint density at radius 2 is 1.74 bits per heavy atom. The average molecular weight is 495 g/mol. The molecule has 0 saturated carbocycles. The van der Waals surface area contributed by atoms with Crippen molar-refractivity contribution in [3.63, 3.8) is 0 Å². The lowest BCUT2D eigenvalue weighted by Crippen LogP contribution is -2.42. The number of para-hydroxylation sites is 1. The highest BCUT2D eigenvalue weighted by Gasteiger charge is 2.16. The smallest absolute Gasteiger partial charge is 0.331 e. The minimum absolute atomic E-state index is 0.00853. The molecule has 0 fully saturated rings.